The van der Waals surface area contributed by atoms with Crippen LogP contribution in [0.3, 0.4) is 0 Å². The van der Waals surface area contributed by atoms with Gasteiger partial charge in [0.2, 0.25) is 5.91 Å². The maximum absolute atomic E-state index is 11.3. The number of carboxylic acid groups (broad SMARTS) is 1. The molecule has 1 aliphatic rings. The lowest BCUT2D eigenvalue weighted by atomic mass is 9.91. The van der Waals surface area contributed by atoms with Gasteiger partial charge in [-0.05, 0) is 5.56 Å². The third-order valence-corrected chi connectivity index (χ3v) is 2.83. The Morgan fingerprint density at radius 1 is 1.38 bits per heavy atom. The van der Waals surface area contributed by atoms with Gasteiger partial charge in [0.15, 0.2) is 0 Å². The monoisotopic (exact) mass is 219 g/mol. The molecule has 4 nitrogen and oxygen atoms in total. The molecule has 1 fully saturated rings. The first-order valence-electron chi connectivity index (χ1n) is 5.23. The molecule has 1 aromatic carbocycles. The Bertz CT molecular complexity index is 402. The summed E-state index contributed by atoms with van der Waals surface area (Å²) in [5.74, 6) is -1.07. The number of carbonyl (C=O) groups is 2. The first-order valence-corrected chi connectivity index (χ1v) is 5.23. The van der Waals surface area contributed by atoms with Crippen LogP contribution >= 0.6 is 0 Å². The molecule has 16 heavy (non-hydrogen) atoms. The second-order valence-electron chi connectivity index (χ2n) is 4.02. The summed E-state index contributed by atoms with van der Waals surface area (Å²) in [5.41, 5.74) is 0.972. The quantitative estimate of drug-likeness (QED) is 0.806. The summed E-state index contributed by atoms with van der Waals surface area (Å²) >= 11 is 0. The van der Waals surface area contributed by atoms with Crippen molar-refractivity contribution in [1.82, 2.24) is 5.32 Å². The Morgan fingerprint density at radius 3 is 2.69 bits per heavy atom. The molecule has 2 rings (SSSR count). The van der Waals surface area contributed by atoms with Crippen molar-refractivity contribution in [3.8, 4) is 0 Å². The van der Waals surface area contributed by atoms with Gasteiger partial charge in [-0.1, -0.05) is 30.3 Å². The summed E-state index contributed by atoms with van der Waals surface area (Å²) in [6.45, 7) is 0. The number of aliphatic carboxylic acids is 1. The molecule has 1 saturated heterocycles. The van der Waals surface area contributed by atoms with E-state index in [0.29, 0.717) is 6.42 Å². The lowest BCUT2D eigenvalue weighted by Crippen LogP contribution is -2.21. The van der Waals surface area contributed by atoms with Gasteiger partial charge in [0.1, 0.15) is 0 Å². The third kappa shape index (κ3) is 2.21. The number of rotatable bonds is 3. The first kappa shape index (κ1) is 10.7. The predicted molar refractivity (Wildman–Crippen MR) is 57.7 cm³/mol. The Balaban J connectivity index is 2.19. The zero-order valence-corrected chi connectivity index (χ0v) is 8.72. The summed E-state index contributed by atoms with van der Waals surface area (Å²) in [6, 6.07) is 9.32. The van der Waals surface area contributed by atoms with E-state index in [1.54, 1.807) is 0 Å². The minimum absolute atomic E-state index is 0.0261. The Labute approximate surface area is 93.3 Å². The van der Waals surface area contributed by atoms with Crippen LogP contribution in [0.2, 0.25) is 0 Å². The summed E-state index contributed by atoms with van der Waals surface area (Å²) in [6.07, 6.45) is 0.324. The Hall–Kier alpha value is -1.84. The largest absolute Gasteiger partial charge is 0.481 e. The van der Waals surface area contributed by atoms with Gasteiger partial charge < -0.3 is 10.4 Å². The molecule has 0 bridgehead atoms. The highest BCUT2D eigenvalue weighted by molar-refractivity contribution is 5.80. The Morgan fingerprint density at radius 2 is 2.06 bits per heavy atom. The normalized spacial score (nSPS) is 24.1. The molecule has 0 unspecified atom stereocenters. The molecule has 0 saturated carbocycles. The minimum Gasteiger partial charge on any atom is -0.481 e. The van der Waals surface area contributed by atoms with E-state index in [0.717, 1.165) is 5.56 Å². The number of carbonyl (C=O) groups excluding carboxylic acids is 1. The highest BCUT2D eigenvalue weighted by Gasteiger charge is 2.34. The molecular weight excluding hydrogens is 206 g/mol. The lowest BCUT2D eigenvalue weighted by molar-refractivity contribution is -0.138. The van der Waals surface area contributed by atoms with E-state index in [2.05, 4.69) is 5.32 Å². The topological polar surface area (TPSA) is 66.4 Å². The van der Waals surface area contributed by atoms with Gasteiger partial charge in [-0.2, -0.15) is 0 Å². The number of carboxylic acids is 1. The van der Waals surface area contributed by atoms with E-state index in [-0.39, 0.29) is 24.3 Å². The smallest absolute Gasteiger partial charge is 0.303 e. The van der Waals surface area contributed by atoms with Crippen LogP contribution in [0.25, 0.3) is 0 Å². The third-order valence-electron chi connectivity index (χ3n) is 2.83. The second-order valence-corrected chi connectivity index (χ2v) is 4.02. The van der Waals surface area contributed by atoms with E-state index in [1.807, 2.05) is 30.3 Å². The maximum atomic E-state index is 11.3. The average molecular weight is 219 g/mol. The van der Waals surface area contributed by atoms with Crippen molar-refractivity contribution in [2.24, 2.45) is 5.92 Å². The molecule has 0 aliphatic carbocycles. The van der Waals surface area contributed by atoms with Crippen LogP contribution in [0, 0.1) is 5.92 Å². The van der Waals surface area contributed by atoms with Gasteiger partial charge >= 0.3 is 5.97 Å². The van der Waals surface area contributed by atoms with Crippen LogP contribution in [0.15, 0.2) is 30.3 Å². The molecule has 0 spiro atoms. The zero-order valence-electron chi connectivity index (χ0n) is 8.72. The molecule has 0 aromatic heterocycles. The second kappa shape index (κ2) is 4.35. The summed E-state index contributed by atoms with van der Waals surface area (Å²) in [4.78, 5) is 22.0. The maximum Gasteiger partial charge on any atom is 0.303 e. The fourth-order valence-electron chi connectivity index (χ4n) is 2.14. The van der Waals surface area contributed by atoms with E-state index in [1.165, 1.54) is 0 Å². The van der Waals surface area contributed by atoms with Crippen LogP contribution in [-0.4, -0.2) is 17.0 Å². The molecule has 1 heterocycles. The van der Waals surface area contributed by atoms with Gasteiger partial charge in [-0.15, -0.1) is 0 Å². The van der Waals surface area contributed by atoms with Crippen molar-refractivity contribution in [1.29, 1.82) is 0 Å². The van der Waals surface area contributed by atoms with Crippen LogP contribution in [0.1, 0.15) is 24.4 Å². The molecule has 2 atom stereocenters. The molecule has 84 valence electrons. The molecule has 4 heteroatoms. The molecule has 1 amide bonds. The van der Waals surface area contributed by atoms with E-state index in [9.17, 15) is 9.59 Å². The van der Waals surface area contributed by atoms with Crippen LogP contribution in [0.4, 0.5) is 0 Å². The van der Waals surface area contributed by atoms with Gasteiger partial charge in [-0.25, -0.2) is 0 Å². The van der Waals surface area contributed by atoms with E-state index < -0.39 is 5.97 Å². The number of benzene rings is 1. The fraction of sp³-hybridized carbons (Fsp3) is 0.333. The van der Waals surface area contributed by atoms with Gasteiger partial charge in [0.25, 0.3) is 0 Å². The van der Waals surface area contributed by atoms with Gasteiger partial charge in [-0.3, -0.25) is 9.59 Å². The molecule has 2 N–H and O–H groups in total. The number of hydrogen-bond donors (Lipinski definition) is 2. The predicted octanol–water partition coefficient (Wildman–Crippen LogP) is 1.34. The number of amides is 1. The van der Waals surface area contributed by atoms with Crippen molar-refractivity contribution in [2.45, 2.75) is 18.9 Å². The van der Waals surface area contributed by atoms with E-state index in [4.69, 9.17) is 5.11 Å². The van der Waals surface area contributed by atoms with Crippen LogP contribution in [0.5, 0.6) is 0 Å². The molecule has 1 aliphatic heterocycles. The highest BCUT2D eigenvalue weighted by atomic mass is 16.4. The first-order chi connectivity index (χ1) is 7.66. The summed E-state index contributed by atoms with van der Waals surface area (Å²) in [7, 11) is 0. The minimum atomic E-state index is -0.859. The number of hydrogen-bond acceptors (Lipinski definition) is 2. The van der Waals surface area contributed by atoms with Crippen LogP contribution < -0.4 is 5.32 Å². The fourth-order valence-corrected chi connectivity index (χ4v) is 2.14. The van der Waals surface area contributed by atoms with E-state index >= 15 is 0 Å². The molecule has 1 aromatic rings. The van der Waals surface area contributed by atoms with Crippen molar-refractivity contribution in [2.75, 3.05) is 0 Å². The highest BCUT2D eigenvalue weighted by Crippen LogP contribution is 2.32. The van der Waals surface area contributed by atoms with Gasteiger partial charge in [0.05, 0.1) is 12.5 Å². The van der Waals surface area contributed by atoms with Crippen LogP contribution in [-0.2, 0) is 9.59 Å². The lowest BCUT2D eigenvalue weighted by Gasteiger charge is -2.17. The summed E-state index contributed by atoms with van der Waals surface area (Å²) in [5, 5.41) is 11.6. The average Bonchev–Trinajstić information content (AvgIpc) is 2.60. The standard InChI is InChI=1S/C12H13NO3/c14-10-6-9(7-11(15)16)12(13-10)8-4-2-1-3-5-8/h1-5,9,12H,6-7H2,(H,13,14)(H,15,16)/t9-,12-/m1/s1. The van der Waals surface area contributed by atoms with Crippen molar-refractivity contribution in [3.63, 3.8) is 0 Å². The molecular formula is C12H13NO3. The zero-order chi connectivity index (χ0) is 11.5. The molecule has 0 radical (unpaired) electrons. The Kier molecular flexibility index (Phi) is 2.90. The SMILES string of the molecule is O=C(O)C[C@H]1CC(=O)N[C@@H]1c1ccccc1. The number of nitrogens with one attached hydrogen (secondary N) is 1. The van der Waals surface area contributed by atoms with Crippen molar-refractivity contribution < 1.29 is 14.7 Å². The van der Waals surface area contributed by atoms with Crippen molar-refractivity contribution >= 4 is 11.9 Å². The van der Waals surface area contributed by atoms with Crippen molar-refractivity contribution in [3.05, 3.63) is 35.9 Å². The summed E-state index contributed by atoms with van der Waals surface area (Å²) < 4.78 is 0. The van der Waals surface area contributed by atoms with Gasteiger partial charge in [0, 0.05) is 12.3 Å².